The summed E-state index contributed by atoms with van der Waals surface area (Å²) in [6.07, 6.45) is 4.25. The smallest absolute Gasteiger partial charge is 0.320 e. The van der Waals surface area contributed by atoms with Gasteiger partial charge in [-0.05, 0) is 24.5 Å². The zero-order chi connectivity index (χ0) is 18.6. The van der Waals surface area contributed by atoms with E-state index >= 15 is 0 Å². The highest BCUT2D eigenvalue weighted by molar-refractivity contribution is 5.82. The zero-order valence-corrected chi connectivity index (χ0v) is 15.6. The fourth-order valence-electron chi connectivity index (χ4n) is 3.90. The average molecular weight is 369 g/mol. The van der Waals surface area contributed by atoms with Crippen LogP contribution in [0.5, 0.6) is 0 Å². The van der Waals surface area contributed by atoms with Gasteiger partial charge < -0.3 is 20.1 Å². The van der Waals surface area contributed by atoms with E-state index in [0.29, 0.717) is 32.1 Å². The van der Waals surface area contributed by atoms with Crippen molar-refractivity contribution in [1.29, 1.82) is 0 Å². The van der Waals surface area contributed by atoms with E-state index in [1.807, 2.05) is 18.2 Å². The molecule has 1 aromatic heterocycles. The summed E-state index contributed by atoms with van der Waals surface area (Å²) in [5.41, 5.74) is 2.02. The van der Waals surface area contributed by atoms with E-state index in [9.17, 15) is 9.90 Å². The molecule has 6 nitrogen and oxygen atoms in total. The van der Waals surface area contributed by atoms with Gasteiger partial charge in [-0.15, -0.1) is 0 Å². The Morgan fingerprint density at radius 3 is 2.78 bits per heavy atom. The van der Waals surface area contributed by atoms with Crippen LogP contribution in [0, 0.1) is 5.92 Å². The Kier molecular flexibility index (Phi) is 5.55. The molecule has 0 radical (unpaired) electrons. The van der Waals surface area contributed by atoms with Gasteiger partial charge >= 0.3 is 5.97 Å². The first-order valence-corrected chi connectivity index (χ1v) is 9.88. The number of hydrogen-bond acceptors (Lipinski definition) is 5. The molecule has 0 spiro atoms. The quantitative estimate of drug-likeness (QED) is 0.782. The Bertz CT molecular complexity index is 800. The van der Waals surface area contributed by atoms with Crippen LogP contribution in [0.2, 0.25) is 0 Å². The highest BCUT2D eigenvalue weighted by atomic mass is 16.5. The fourth-order valence-corrected chi connectivity index (χ4v) is 3.90. The van der Waals surface area contributed by atoms with Crippen LogP contribution in [-0.4, -0.2) is 48.4 Å². The number of para-hydroxylation sites is 1. The number of aromatic nitrogens is 1. The number of ether oxygens (including phenoxy) is 1. The summed E-state index contributed by atoms with van der Waals surface area (Å²) in [6, 6.07) is 9.72. The molecule has 2 aliphatic rings. The van der Waals surface area contributed by atoms with Crippen LogP contribution in [0.25, 0.3) is 10.9 Å². The van der Waals surface area contributed by atoms with Gasteiger partial charge in [0.1, 0.15) is 11.9 Å². The second-order valence-electron chi connectivity index (χ2n) is 7.57. The normalized spacial score (nSPS) is 19.0. The minimum atomic E-state index is -0.761. The van der Waals surface area contributed by atoms with Crippen LogP contribution >= 0.6 is 0 Å². The Hall–Kier alpha value is -2.18. The van der Waals surface area contributed by atoms with Gasteiger partial charge in [0.15, 0.2) is 0 Å². The summed E-state index contributed by atoms with van der Waals surface area (Å²) < 4.78 is 5.48. The number of carbonyl (C=O) groups is 1. The number of nitrogens with one attached hydrogen (secondary N) is 1. The third kappa shape index (κ3) is 4.22. The minimum Gasteiger partial charge on any atom is -0.480 e. The molecule has 1 unspecified atom stereocenters. The van der Waals surface area contributed by atoms with Crippen LogP contribution in [-0.2, 0) is 16.1 Å². The van der Waals surface area contributed by atoms with Gasteiger partial charge in [-0.3, -0.25) is 4.79 Å². The number of anilines is 1. The first-order chi connectivity index (χ1) is 13.2. The minimum absolute atomic E-state index is 0.501. The fraction of sp³-hybridized carbons (Fsp3) is 0.524. The monoisotopic (exact) mass is 369 g/mol. The van der Waals surface area contributed by atoms with E-state index in [1.54, 1.807) is 0 Å². The number of nitrogens with zero attached hydrogens (tertiary/aromatic N) is 2. The molecule has 2 N–H and O–H groups in total. The molecule has 0 amide bonds. The van der Waals surface area contributed by atoms with Crippen LogP contribution in [0.1, 0.15) is 31.2 Å². The van der Waals surface area contributed by atoms with E-state index in [2.05, 4.69) is 22.3 Å². The molecule has 1 aliphatic carbocycles. The third-order valence-electron chi connectivity index (χ3n) is 5.72. The van der Waals surface area contributed by atoms with Gasteiger partial charge in [0.25, 0.3) is 0 Å². The Morgan fingerprint density at radius 2 is 2.07 bits per heavy atom. The lowest BCUT2D eigenvalue weighted by molar-refractivity contribution is -0.140. The Morgan fingerprint density at radius 1 is 1.30 bits per heavy atom. The molecular weight excluding hydrogens is 342 g/mol. The molecule has 144 valence electrons. The maximum atomic E-state index is 11.7. The number of fused-ring (bicyclic) bond motifs is 1. The first-order valence-electron chi connectivity index (χ1n) is 9.88. The summed E-state index contributed by atoms with van der Waals surface area (Å²) in [6.45, 7) is 3.52. The van der Waals surface area contributed by atoms with Crippen LogP contribution in [0.15, 0.2) is 30.3 Å². The summed E-state index contributed by atoms with van der Waals surface area (Å²) in [5, 5.41) is 14.0. The Labute approximate surface area is 159 Å². The summed E-state index contributed by atoms with van der Waals surface area (Å²) in [4.78, 5) is 18.8. The molecule has 2 heterocycles. The summed E-state index contributed by atoms with van der Waals surface area (Å²) in [5.74, 6) is 0.730. The second kappa shape index (κ2) is 8.23. The zero-order valence-electron chi connectivity index (χ0n) is 15.6. The van der Waals surface area contributed by atoms with Gasteiger partial charge in [0.2, 0.25) is 0 Å². The Balaban J connectivity index is 1.57. The maximum absolute atomic E-state index is 11.7. The second-order valence-corrected chi connectivity index (χ2v) is 7.57. The lowest BCUT2D eigenvalue weighted by Crippen LogP contribution is -2.40. The lowest BCUT2D eigenvalue weighted by Gasteiger charge is -2.31. The molecule has 2 fully saturated rings. The third-order valence-corrected chi connectivity index (χ3v) is 5.72. The van der Waals surface area contributed by atoms with E-state index in [1.165, 1.54) is 6.42 Å². The van der Waals surface area contributed by atoms with Crippen LogP contribution < -0.4 is 10.2 Å². The highest BCUT2D eigenvalue weighted by Crippen LogP contribution is 2.31. The van der Waals surface area contributed by atoms with Crippen molar-refractivity contribution in [2.75, 3.05) is 31.2 Å². The number of pyridine rings is 1. The van der Waals surface area contributed by atoms with Crippen molar-refractivity contribution in [3.8, 4) is 0 Å². The van der Waals surface area contributed by atoms with Gasteiger partial charge in [0.05, 0.1) is 18.7 Å². The maximum Gasteiger partial charge on any atom is 0.320 e. The standard InChI is InChI=1S/C21H27N3O3/c25-21(26)19(12-15-4-3-5-15)22-14-17-13-16-6-1-2-7-18(16)23-20(17)24-8-10-27-11-9-24/h1-2,6-7,13,15,19,22H,3-5,8-12,14H2,(H,25,26). The highest BCUT2D eigenvalue weighted by Gasteiger charge is 2.26. The summed E-state index contributed by atoms with van der Waals surface area (Å²) >= 11 is 0. The molecule has 1 aromatic carbocycles. The van der Waals surface area contributed by atoms with Crippen molar-refractivity contribution in [2.45, 2.75) is 38.3 Å². The van der Waals surface area contributed by atoms with Gasteiger partial charge in [-0.1, -0.05) is 37.5 Å². The predicted octanol–water partition coefficient (Wildman–Crippen LogP) is 2.80. The summed E-state index contributed by atoms with van der Waals surface area (Å²) in [7, 11) is 0. The lowest BCUT2D eigenvalue weighted by atomic mass is 9.81. The molecule has 6 heteroatoms. The molecule has 4 rings (SSSR count). The van der Waals surface area contributed by atoms with Gasteiger partial charge in [0, 0.05) is 30.6 Å². The number of rotatable bonds is 7. The van der Waals surface area contributed by atoms with E-state index < -0.39 is 12.0 Å². The molecule has 1 saturated carbocycles. The van der Waals surface area contributed by atoms with Gasteiger partial charge in [-0.2, -0.15) is 0 Å². The van der Waals surface area contributed by atoms with Crippen molar-refractivity contribution < 1.29 is 14.6 Å². The molecule has 0 bridgehead atoms. The van der Waals surface area contributed by atoms with Crippen LogP contribution in [0.3, 0.4) is 0 Å². The number of benzene rings is 1. The first kappa shape index (κ1) is 18.2. The molecule has 1 aliphatic heterocycles. The number of carboxylic acids is 1. The number of aliphatic carboxylic acids is 1. The van der Waals surface area contributed by atoms with Crippen molar-refractivity contribution in [3.05, 3.63) is 35.9 Å². The van der Waals surface area contributed by atoms with E-state index in [0.717, 1.165) is 48.2 Å². The van der Waals surface area contributed by atoms with Crippen molar-refractivity contribution in [1.82, 2.24) is 10.3 Å². The number of morpholine rings is 1. The molecule has 1 atom stereocenters. The van der Waals surface area contributed by atoms with E-state index in [4.69, 9.17) is 9.72 Å². The van der Waals surface area contributed by atoms with Crippen molar-refractivity contribution in [2.24, 2.45) is 5.92 Å². The van der Waals surface area contributed by atoms with Crippen molar-refractivity contribution >= 4 is 22.7 Å². The largest absolute Gasteiger partial charge is 0.480 e. The van der Waals surface area contributed by atoms with Gasteiger partial charge in [-0.25, -0.2) is 4.98 Å². The SMILES string of the molecule is O=C(O)C(CC1CCC1)NCc1cc2ccccc2nc1N1CCOCC1. The van der Waals surface area contributed by atoms with Crippen LogP contribution in [0.4, 0.5) is 5.82 Å². The molecule has 27 heavy (non-hydrogen) atoms. The molecular formula is C21H27N3O3. The molecule has 1 saturated heterocycles. The number of hydrogen-bond donors (Lipinski definition) is 2. The van der Waals surface area contributed by atoms with E-state index in [-0.39, 0.29) is 0 Å². The van der Waals surface area contributed by atoms with Crippen molar-refractivity contribution in [3.63, 3.8) is 0 Å². The molecule has 2 aromatic rings. The average Bonchev–Trinajstić information content (AvgIpc) is 2.66. The predicted molar refractivity (Wildman–Crippen MR) is 105 cm³/mol. The topological polar surface area (TPSA) is 74.7 Å². The number of carboxylic acid groups (broad SMARTS) is 1.